The van der Waals surface area contributed by atoms with E-state index in [1.54, 1.807) is 0 Å². The zero-order chi connectivity index (χ0) is 17.6. The number of carboxylic acids is 1. The summed E-state index contributed by atoms with van der Waals surface area (Å²) < 4.78 is 0. The molecule has 1 saturated carbocycles. The van der Waals surface area contributed by atoms with E-state index in [9.17, 15) is 9.59 Å². The molecule has 1 amide bonds. The second kappa shape index (κ2) is 7.97. The maximum Gasteiger partial charge on any atom is 0.306 e. The normalized spacial score (nSPS) is 19.7. The minimum absolute atomic E-state index is 0.000858. The maximum atomic E-state index is 12.6. The lowest BCUT2D eigenvalue weighted by atomic mass is 9.88. The lowest BCUT2D eigenvalue weighted by Gasteiger charge is -2.19. The van der Waals surface area contributed by atoms with Crippen LogP contribution in [0.5, 0.6) is 0 Å². The van der Waals surface area contributed by atoms with E-state index in [2.05, 4.69) is 5.32 Å². The number of hydrogen-bond donors (Lipinski definition) is 2. The fraction of sp³-hybridized carbons (Fsp3) is 0.333. The van der Waals surface area contributed by atoms with Crippen LogP contribution in [0.3, 0.4) is 0 Å². The van der Waals surface area contributed by atoms with Crippen LogP contribution in [0.4, 0.5) is 0 Å². The molecular weight excluding hydrogens is 314 g/mol. The average molecular weight is 337 g/mol. The third-order valence-corrected chi connectivity index (χ3v) is 4.94. The van der Waals surface area contributed by atoms with Crippen molar-refractivity contribution in [2.45, 2.75) is 37.6 Å². The van der Waals surface area contributed by atoms with E-state index in [-0.39, 0.29) is 23.8 Å². The van der Waals surface area contributed by atoms with Crippen LogP contribution in [0.1, 0.15) is 42.7 Å². The predicted octanol–water partition coefficient (Wildman–Crippen LogP) is 3.58. The van der Waals surface area contributed by atoms with Crippen molar-refractivity contribution in [2.24, 2.45) is 5.92 Å². The molecule has 130 valence electrons. The van der Waals surface area contributed by atoms with Crippen molar-refractivity contribution >= 4 is 11.9 Å². The lowest BCUT2D eigenvalue weighted by molar-refractivity contribution is -0.141. The molecule has 0 heterocycles. The van der Waals surface area contributed by atoms with Crippen LogP contribution in [0.15, 0.2) is 60.7 Å². The van der Waals surface area contributed by atoms with E-state index >= 15 is 0 Å². The van der Waals surface area contributed by atoms with Gasteiger partial charge in [-0.1, -0.05) is 60.7 Å². The summed E-state index contributed by atoms with van der Waals surface area (Å²) in [5.74, 6) is -1.11. The van der Waals surface area contributed by atoms with Gasteiger partial charge in [-0.3, -0.25) is 9.59 Å². The van der Waals surface area contributed by atoms with Crippen LogP contribution in [0.25, 0.3) is 0 Å². The second-order valence-electron chi connectivity index (χ2n) is 6.69. The Bertz CT molecular complexity index is 675. The number of carbonyl (C=O) groups excluding carboxylic acids is 1. The molecule has 0 spiro atoms. The molecular formula is C21H23NO3. The van der Waals surface area contributed by atoms with Crippen molar-refractivity contribution in [1.29, 1.82) is 0 Å². The largest absolute Gasteiger partial charge is 0.481 e. The Hall–Kier alpha value is -2.62. The van der Waals surface area contributed by atoms with Crippen molar-refractivity contribution < 1.29 is 14.7 Å². The van der Waals surface area contributed by atoms with Crippen LogP contribution in [-0.4, -0.2) is 23.0 Å². The smallest absolute Gasteiger partial charge is 0.306 e. The van der Waals surface area contributed by atoms with Crippen LogP contribution < -0.4 is 5.32 Å². The van der Waals surface area contributed by atoms with E-state index in [1.165, 1.54) is 0 Å². The standard InChI is InChI=1S/C21H23NO3/c23-20(22-18-12-11-17(13-18)21(24)25)14-19(15-7-3-1-4-8-15)16-9-5-2-6-10-16/h1-10,17-19H,11-14H2,(H,22,23)(H,24,25)/t17-,18+/m0/s1. The summed E-state index contributed by atoms with van der Waals surface area (Å²) in [5, 5.41) is 12.1. The highest BCUT2D eigenvalue weighted by Crippen LogP contribution is 2.29. The average Bonchev–Trinajstić information content (AvgIpc) is 3.10. The summed E-state index contributed by atoms with van der Waals surface area (Å²) in [4.78, 5) is 23.6. The maximum absolute atomic E-state index is 12.6. The number of amides is 1. The molecule has 2 aromatic rings. The van der Waals surface area contributed by atoms with E-state index in [4.69, 9.17) is 5.11 Å². The minimum atomic E-state index is -0.761. The van der Waals surface area contributed by atoms with Gasteiger partial charge in [0.15, 0.2) is 0 Å². The molecule has 0 aromatic heterocycles. The molecule has 4 nitrogen and oxygen atoms in total. The van der Waals surface area contributed by atoms with E-state index in [0.717, 1.165) is 17.5 Å². The Morgan fingerprint density at radius 3 is 2.00 bits per heavy atom. The zero-order valence-electron chi connectivity index (χ0n) is 14.1. The molecule has 25 heavy (non-hydrogen) atoms. The fourth-order valence-electron chi connectivity index (χ4n) is 3.61. The summed E-state index contributed by atoms with van der Waals surface area (Å²) in [6, 6.07) is 20.0. The van der Waals surface area contributed by atoms with Gasteiger partial charge < -0.3 is 10.4 Å². The SMILES string of the molecule is O=C(CC(c1ccccc1)c1ccccc1)N[C@@H]1CC[C@H](C(=O)O)C1. The number of benzene rings is 2. The zero-order valence-corrected chi connectivity index (χ0v) is 14.1. The Morgan fingerprint density at radius 2 is 1.52 bits per heavy atom. The number of carbonyl (C=O) groups is 2. The van der Waals surface area contributed by atoms with E-state index in [1.807, 2.05) is 60.7 Å². The Balaban J connectivity index is 1.68. The summed E-state index contributed by atoms with van der Waals surface area (Å²) in [6.07, 6.45) is 2.27. The molecule has 1 aliphatic rings. The van der Waals surface area contributed by atoms with Crippen LogP contribution in [-0.2, 0) is 9.59 Å². The van der Waals surface area contributed by atoms with Gasteiger partial charge in [-0.05, 0) is 30.4 Å². The van der Waals surface area contributed by atoms with Crippen LogP contribution in [0.2, 0.25) is 0 Å². The van der Waals surface area contributed by atoms with Gasteiger partial charge in [0.2, 0.25) is 5.91 Å². The van der Waals surface area contributed by atoms with Gasteiger partial charge in [0.25, 0.3) is 0 Å². The molecule has 0 saturated heterocycles. The third-order valence-electron chi connectivity index (χ3n) is 4.94. The first-order valence-corrected chi connectivity index (χ1v) is 8.75. The number of aliphatic carboxylic acids is 1. The predicted molar refractivity (Wildman–Crippen MR) is 96.3 cm³/mol. The van der Waals surface area contributed by atoms with E-state index < -0.39 is 5.97 Å². The molecule has 1 fully saturated rings. The fourth-order valence-corrected chi connectivity index (χ4v) is 3.61. The molecule has 0 bridgehead atoms. The van der Waals surface area contributed by atoms with Crippen molar-refractivity contribution in [1.82, 2.24) is 5.32 Å². The molecule has 1 aliphatic carbocycles. The van der Waals surface area contributed by atoms with E-state index in [0.29, 0.717) is 19.3 Å². The van der Waals surface area contributed by atoms with Gasteiger partial charge in [0, 0.05) is 18.4 Å². The lowest BCUT2D eigenvalue weighted by Crippen LogP contribution is -2.34. The van der Waals surface area contributed by atoms with Gasteiger partial charge >= 0.3 is 5.97 Å². The highest BCUT2D eigenvalue weighted by molar-refractivity contribution is 5.78. The monoisotopic (exact) mass is 337 g/mol. The molecule has 2 N–H and O–H groups in total. The second-order valence-corrected chi connectivity index (χ2v) is 6.69. The Kier molecular flexibility index (Phi) is 5.49. The summed E-state index contributed by atoms with van der Waals surface area (Å²) in [5.41, 5.74) is 2.22. The Labute approximate surface area is 147 Å². The molecule has 0 unspecified atom stereocenters. The first-order chi connectivity index (χ1) is 12.1. The summed E-state index contributed by atoms with van der Waals surface area (Å²) >= 11 is 0. The summed E-state index contributed by atoms with van der Waals surface area (Å²) in [7, 11) is 0. The molecule has 2 aromatic carbocycles. The van der Waals surface area contributed by atoms with Gasteiger partial charge in [-0.2, -0.15) is 0 Å². The number of rotatable bonds is 6. The van der Waals surface area contributed by atoms with Gasteiger partial charge in [0.1, 0.15) is 0 Å². The van der Waals surface area contributed by atoms with Crippen LogP contribution in [0, 0.1) is 5.92 Å². The topological polar surface area (TPSA) is 66.4 Å². The van der Waals surface area contributed by atoms with Crippen molar-refractivity contribution in [3.8, 4) is 0 Å². The number of carboxylic acid groups (broad SMARTS) is 1. The number of hydrogen-bond acceptors (Lipinski definition) is 2. The molecule has 3 rings (SSSR count). The highest BCUT2D eigenvalue weighted by atomic mass is 16.4. The quantitative estimate of drug-likeness (QED) is 0.847. The molecule has 2 atom stereocenters. The molecule has 0 aliphatic heterocycles. The Morgan fingerprint density at radius 1 is 0.960 bits per heavy atom. The van der Waals surface area contributed by atoms with Gasteiger partial charge in [-0.15, -0.1) is 0 Å². The van der Waals surface area contributed by atoms with Gasteiger partial charge in [0.05, 0.1) is 5.92 Å². The first kappa shape index (κ1) is 17.2. The molecule has 0 radical (unpaired) electrons. The third kappa shape index (κ3) is 4.47. The molecule has 4 heteroatoms. The highest BCUT2D eigenvalue weighted by Gasteiger charge is 2.31. The van der Waals surface area contributed by atoms with Crippen LogP contribution >= 0.6 is 0 Å². The number of nitrogens with one attached hydrogen (secondary N) is 1. The van der Waals surface area contributed by atoms with Crippen molar-refractivity contribution in [3.63, 3.8) is 0 Å². The van der Waals surface area contributed by atoms with Crippen molar-refractivity contribution in [3.05, 3.63) is 71.8 Å². The van der Waals surface area contributed by atoms with Crippen molar-refractivity contribution in [2.75, 3.05) is 0 Å². The van der Waals surface area contributed by atoms with Gasteiger partial charge in [-0.25, -0.2) is 0 Å². The minimum Gasteiger partial charge on any atom is -0.481 e. The first-order valence-electron chi connectivity index (χ1n) is 8.75. The summed E-state index contributed by atoms with van der Waals surface area (Å²) in [6.45, 7) is 0.